The monoisotopic (exact) mass is 305 g/mol. The third-order valence-corrected chi connectivity index (χ3v) is 3.34. The van der Waals surface area contributed by atoms with Gasteiger partial charge in [0.05, 0.1) is 5.69 Å². The molecule has 1 atom stereocenters. The van der Waals surface area contributed by atoms with E-state index < -0.39 is 0 Å². The Balaban J connectivity index is 2.63. The first kappa shape index (κ1) is 13.7. The van der Waals surface area contributed by atoms with Crippen molar-refractivity contribution in [1.82, 2.24) is 4.98 Å². The van der Waals surface area contributed by atoms with Crippen molar-refractivity contribution in [2.45, 2.75) is 13.8 Å². The van der Waals surface area contributed by atoms with Crippen LogP contribution >= 0.6 is 27.5 Å². The predicted molar refractivity (Wildman–Crippen MR) is 72.8 cm³/mol. The molecule has 0 aromatic carbocycles. The average Bonchev–Trinajstić information content (AvgIpc) is 2.23. The maximum atomic E-state index is 5.98. The van der Waals surface area contributed by atoms with Gasteiger partial charge in [-0.3, -0.25) is 0 Å². The van der Waals surface area contributed by atoms with E-state index >= 15 is 0 Å². The van der Waals surface area contributed by atoms with Crippen LogP contribution in [0.15, 0.2) is 16.7 Å². The van der Waals surface area contributed by atoms with E-state index in [4.69, 9.17) is 17.3 Å². The third kappa shape index (κ3) is 3.92. The normalized spacial score (nSPS) is 12.9. The highest BCUT2D eigenvalue weighted by molar-refractivity contribution is 9.10. The first-order valence-corrected chi connectivity index (χ1v) is 6.46. The van der Waals surface area contributed by atoms with Crippen LogP contribution in [-0.4, -0.2) is 18.1 Å². The number of halogens is 2. The summed E-state index contributed by atoms with van der Waals surface area (Å²) in [5.74, 6) is 0.992. The summed E-state index contributed by atoms with van der Waals surface area (Å²) >= 11 is 9.34. The maximum Gasteiger partial charge on any atom is 0.152 e. The Morgan fingerprint density at radius 2 is 2.25 bits per heavy atom. The minimum Gasteiger partial charge on any atom is -0.382 e. The molecule has 0 aliphatic rings. The number of pyridine rings is 1. The molecule has 0 bridgehead atoms. The Bertz CT molecular complexity index is 344. The highest BCUT2D eigenvalue weighted by Gasteiger charge is 2.12. The Kier molecular flexibility index (Phi) is 5.52. The van der Waals surface area contributed by atoms with Crippen molar-refractivity contribution < 1.29 is 0 Å². The van der Waals surface area contributed by atoms with Gasteiger partial charge in [-0.1, -0.05) is 25.4 Å². The van der Waals surface area contributed by atoms with Gasteiger partial charge in [0.15, 0.2) is 5.15 Å². The van der Waals surface area contributed by atoms with Crippen molar-refractivity contribution in [3.8, 4) is 0 Å². The van der Waals surface area contributed by atoms with E-state index in [0.29, 0.717) is 23.5 Å². The second-order valence-corrected chi connectivity index (χ2v) is 5.39. The molecule has 5 heteroatoms. The number of nitrogens with zero attached hydrogens (tertiary/aromatic N) is 1. The second-order valence-electron chi connectivity index (χ2n) is 4.11. The Morgan fingerprint density at radius 1 is 1.56 bits per heavy atom. The van der Waals surface area contributed by atoms with Crippen molar-refractivity contribution in [2.24, 2.45) is 17.6 Å². The summed E-state index contributed by atoms with van der Waals surface area (Å²) in [4.78, 5) is 4.05. The summed E-state index contributed by atoms with van der Waals surface area (Å²) in [6.07, 6.45) is 1.68. The van der Waals surface area contributed by atoms with Crippen molar-refractivity contribution in [3.63, 3.8) is 0 Å². The molecule has 16 heavy (non-hydrogen) atoms. The maximum absolute atomic E-state index is 5.98. The van der Waals surface area contributed by atoms with Crippen LogP contribution < -0.4 is 11.1 Å². The molecule has 90 valence electrons. The lowest BCUT2D eigenvalue weighted by molar-refractivity contribution is 0.413. The van der Waals surface area contributed by atoms with E-state index in [1.807, 2.05) is 6.07 Å². The number of hydrogen-bond donors (Lipinski definition) is 2. The van der Waals surface area contributed by atoms with Crippen LogP contribution in [0.2, 0.25) is 5.15 Å². The topological polar surface area (TPSA) is 50.9 Å². The minimum absolute atomic E-state index is 0.440. The van der Waals surface area contributed by atoms with Gasteiger partial charge in [-0.05, 0) is 40.4 Å². The quantitative estimate of drug-likeness (QED) is 0.822. The van der Waals surface area contributed by atoms with E-state index in [0.717, 1.165) is 16.7 Å². The number of nitrogens with two attached hydrogens (primary N) is 1. The molecule has 0 aliphatic heterocycles. The Morgan fingerprint density at radius 3 is 2.81 bits per heavy atom. The summed E-state index contributed by atoms with van der Waals surface area (Å²) < 4.78 is 0.910. The van der Waals surface area contributed by atoms with Crippen molar-refractivity contribution in [3.05, 3.63) is 21.9 Å². The van der Waals surface area contributed by atoms with Crippen LogP contribution in [0, 0.1) is 11.8 Å². The van der Waals surface area contributed by atoms with E-state index in [2.05, 4.69) is 40.1 Å². The summed E-state index contributed by atoms with van der Waals surface area (Å²) in [5, 5.41) is 3.77. The molecule has 0 saturated carbocycles. The molecule has 0 aliphatic carbocycles. The summed E-state index contributed by atoms with van der Waals surface area (Å²) in [6.45, 7) is 5.82. The number of rotatable bonds is 5. The fraction of sp³-hybridized carbons (Fsp3) is 0.545. The van der Waals surface area contributed by atoms with Crippen LogP contribution in [0.5, 0.6) is 0 Å². The van der Waals surface area contributed by atoms with Crippen molar-refractivity contribution in [1.29, 1.82) is 0 Å². The molecule has 1 rings (SSSR count). The fourth-order valence-corrected chi connectivity index (χ4v) is 1.88. The minimum atomic E-state index is 0.440. The van der Waals surface area contributed by atoms with Gasteiger partial charge in [0.2, 0.25) is 0 Å². The summed E-state index contributed by atoms with van der Waals surface area (Å²) in [7, 11) is 0. The van der Waals surface area contributed by atoms with Crippen molar-refractivity contribution in [2.75, 3.05) is 18.4 Å². The lowest BCUT2D eigenvalue weighted by Gasteiger charge is -2.20. The smallest absolute Gasteiger partial charge is 0.152 e. The largest absolute Gasteiger partial charge is 0.382 e. The molecule has 3 nitrogen and oxygen atoms in total. The van der Waals surface area contributed by atoms with Crippen LogP contribution in [0.1, 0.15) is 13.8 Å². The molecule has 1 aromatic heterocycles. The standard InChI is InChI=1S/C11H17BrClN3/c1-7(2)8(4-14)5-15-10-3-9(12)6-16-11(10)13/h3,6-8,15H,4-5,14H2,1-2H3. The van der Waals surface area contributed by atoms with Crippen LogP contribution in [-0.2, 0) is 0 Å². The van der Waals surface area contributed by atoms with E-state index in [-0.39, 0.29) is 0 Å². The first-order chi connectivity index (χ1) is 7.54. The fourth-order valence-electron chi connectivity index (χ4n) is 1.38. The van der Waals surface area contributed by atoms with Gasteiger partial charge < -0.3 is 11.1 Å². The highest BCUT2D eigenvalue weighted by Crippen LogP contribution is 2.23. The van der Waals surface area contributed by atoms with Gasteiger partial charge in [-0.15, -0.1) is 0 Å². The number of hydrogen-bond acceptors (Lipinski definition) is 3. The average molecular weight is 307 g/mol. The Hall–Kier alpha value is -0.320. The lowest BCUT2D eigenvalue weighted by Crippen LogP contribution is -2.27. The molecular weight excluding hydrogens is 289 g/mol. The van der Waals surface area contributed by atoms with Crippen molar-refractivity contribution >= 4 is 33.2 Å². The molecule has 0 spiro atoms. The highest BCUT2D eigenvalue weighted by atomic mass is 79.9. The third-order valence-electron chi connectivity index (χ3n) is 2.61. The van der Waals surface area contributed by atoms with Gasteiger partial charge in [0.25, 0.3) is 0 Å². The zero-order valence-electron chi connectivity index (χ0n) is 9.50. The van der Waals surface area contributed by atoms with E-state index in [1.54, 1.807) is 6.20 Å². The second kappa shape index (κ2) is 6.42. The molecule has 0 amide bonds. The predicted octanol–water partition coefficient (Wildman–Crippen LogP) is 3.14. The van der Waals surface area contributed by atoms with Crippen LogP contribution in [0.25, 0.3) is 0 Å². The number of aromatic nitrogens is 1. The molecule has 3 N–H and O–H groups in total. The molecule has 0 saturated heterocycles. The van der Waals surface area contributed by atoms with Gasteiger partial charge >= 0.3 is 0 Å². The molecule has 0 radical (unpaired) electrons. The lowest BCUT2D eigenvalue weighted by atomic mass is 9.96. The van der Waals surface area contributed by atoms with E-state index in [9.17, 15) is 0 Å². The molecule has 1 aromatic rings. The Labute approximate surface area is 110 Å². The van der Waals surface area contributed by atoms with Gasteiger partial charge in [-0.25, -0.2) is 4.98 Å². The molecule has 1 heterocycles. The van der Waals surface area contributed by atoms with Crippen LogP contribution in [0.3, 0.4) is 0 Å². The zero-order valence-corrected chi connectivity index (χ0v) is 11.8. The number of anilines is 1. The van der Waals surface area contributed by atoms with Crippen LogP contribution in [0.4, 0.5) is 5.69 Å². The SMILES string of the molecule is CC(C)C(CN)CNc1cc(Br)cnc1Cl. The molecule has 1 unspecified atom stereocenters. The zero-order chi connectivity index (χ0) is 12.1. The summed E-state index contributed by atoms with van der Waals surface area (Å²) in [5.41, 5.74) is 6.55. The van der Waals surface area contributed by atoms with Gasteiger partial charge in [0.1, 0.15) is 0 Å². The molecule has 0 fully saturated rings. The van der Waals surface area contributed by atoms with Gasteiger partial charge in [-0.2, -0.15) is 0 Å². The van der Waals surface area contributed by atoms with E-state index in [1.165, 1.54) is 0 Å². The first-order valence-electron chi connectivity index (χ1n) is 5.29. The van der Waals surface area contributed by atoms with Gasteiger partial charge in [0, 0.05) is 17.2 Å². The summed E-state index contributed by atoms with van der Waals surface area (Å²) in [6, 6.07) is 1.92. The molecular formula is C11H17BrClN3. The number of nitrogens with one attached hydrogen (secondary N) is 1.